The van der Waals surface area contributed by atoms with Crippen molar-refractivity contribution < 1.29 is 9.90 Å². The highest BCUT2D eigenvalue weighted by atomic mass is 35.5. The number of hydrogen-bond acceptors (Lipinski definition) is 3. The molecule has 0 saturated carbocycles. The number of imidazole rings is 1. The Balaban J connectivity index is 1.96. The quantitative estimate of drug-likeness (QED) is 0.689. The van der Waals surface area contributed by atoms with Gasteiger partial charge >= 0.3 is 5.97 Å². The number of hydrogen-bond donors (Lipinski definition) is 2. The third kappa shape index (κ3) is 6.34. The first-order valence-corrected chi connectivity index (χ1v) is 9.01. The van der Waals surface area contributed by atoms with E-state index in [1.165, 1.54) is 0 Å². The van der Waals surface area contributed by atoms with Crippen LogP contribution < -0.4 is 5.32 Å². The second-order valence-electron chi connectivity index (χ2n) is 6.52. The summed E-state index contributed by atoms with van der Waals surface area (Å²) in [7, 11) is 0. The Hall–Kier alpha value is -1.56. The second kappa shape index (κ2) is 9.22. The predicted molar refractivity (Wildman–Crippen MR) is 100 cm³/mol. The summed E-state index contributed by atoms with van der Waals surface area (Å²) < 4.78 is 2.02. The van der Waals surface area contributed by atoms with Gasteiger partial charge in [0.25, 0.3) is 0 Å². The van der Waals surface area contributed by atoms with Crippen molar-refractivity contribution in [3.05, 3.63) is 52.0 Å². The number of halogens is 2. The van der Waals surface area contributed by atoms with E-state index in [9.17, 15) is 9.90 Å². The third-order valence-corrected chi connectivity index (χ3v) is 4.29. The van der Waals surface area contributed by atoms with Crippen molar-refractivity contribution in [1.82, 2.24) is 14.9 Å². The summed E-state index contributed by atoms with van der Waals surface area (Å²) in [6, 6.07) is 4.92. The van der Waals surface area contributed by atoms with E-state index >= 15 is 0 Å². The highest BCUT2D eigenvalue weighted by Crippen LogP contribution is 2.20. The van der Waals surface area contributed by atoms with Gasteiger partial charge in [0, 0.05) is 41.4 Å². The fourth-order valence-electron chi connectivity index (χ4n) is 2.71. The van der Waals surface area contributed by atoms with E-state index in [1.807, 2.05) is 30.5 Å². The number of carboxylic acids is 1. The van der Waals surface area contributed by atoms with Crippen molar-refractivity contribution in [3.63, 3.8) is 0 Å². The van der Waals surface area contributed by atoms with Crippen LogP contribution in [-0.4, -0.2) is 33.2 Å². The molecule has 0 saturated heterocycles. The van der Waals surface area contributed by atoms with Crippen molar-refractivity contribution in [2.45, 2.75) is 39.3 Å². The number of nitrogens with zero attached hydrogens (tertiary/aromatic N) is 2. The number of carbonyl (C=O) groups is 1. The number of benzene rings is 1. The van der Waals surface area contributed by atoms with Gasteiger partial charge in [-0.25, -0.2) is 4.98 Å². The first-order valence-electron chi connectivity index (χ1n) is 8.25. The van der Waals surface area contributed by atoms with Crippen LogP contribution in [0.3, 0.4) is 0 Å². The van der Waals surface area contributed by atoms with Crippen molar-refractivity contribution in [2.75, 3.05) is 6.54 Å². The Bertz CT molecular complexity index is 696. The molecule has 0 radical (unpaired) electrons. The molecule has 0 spiro atoms. The fourth-order valence-corrected chi connectivity index (χ4v) is 3.29. The normalized spacial score (nSPS) is 12.5. The Labute approximate surface area is 158 Å². The maximum atomic E-state index is 11.3. The Kier molecular flexibility index (Phi) is 7.29. The minimum Gasteiger partial charge on any atom is -0.480 e. The number of carboxylic acid groups (broad SMARTS) is 1. The van der Waals surface area contributed by atoms with E-state index < -0.39 is 12.0 Å². The van der Waals surface area contributed by atoms with Crippen LogP contribution in [0.4, 0.5) is 0 Å². The van der Waals surface area contributed by atoms with Crippen LogP contribution in [0.15, 0.2) is 30.7 Å². The van der Waals surface area contributed by atoms with Gasteiger partial charge in [-0.1, -0.05) is 37.0 Å². The number of aromatic nitrogens is 2. The molecule has 1 aromatic heterocycles. The lowest BCUT2D eigenvalue weighted by Crippen LogP contribution is -2.39. The SMILES string of the molecule is CC(C)CC(NCCc1cncn1Cc1cc(Cl)cc(Cl)c1)C(=O)O. The van der Waals surface area contributed by atoms with E-state index in [0.29, 0.717) is 41.9 Å². The summed E-state index contributed by atoms with van der Waals surface area (Å²) in [5.74, 6) is -0.484. The molecule has 1 heterocycles. The monoisotopic (exact) mass is 383 g/mol. The van der Waals surface area contributed by atoms with E-state index in [2.05, 4.69) is 10.3 Å². The second-order valence-corrected chi connectivity index (χ2v) is 7.39. The minimum atomic E-state index is -0.809. The molecule has 0 amide bonds. The molecular formula is C18H23Cl2N3O2. The zero-order valence-corrected chi connectivity index (χ0v) is 15.9. The molecular weight excluding hydrogens is 361 g/mol. The molecule has 2 N–H and O–H groups in total. The predicted octanol–water partition coefficient (Wildman–Crippen LogP) is 3.87. The summed E-state index contributed by atoms with van der Waals surface area (Å²) in [6.45, 7) is 5.22. The van der Waals surface area contributed by atoms with Crippen molar-refractivity contribution in [2.24, 2.45) is 5.92 Å². The van der Waals surface area contributed by atoms with Crippen LogP contribution in [-0.2, 0) is 17.8 Å². The summed E-state index contributed by atoms with van der Waals surface area (Å²) in [6.07, 6.45) is 4.85. The van der Waals surface area contributed by atoms with Gasteiger partial charge in [0.2, 0.25) is 0 Å². The third-order valence-electron chi connectivity index (χ3n) is 3.85. The first kappa shape index (κ1) is 19.8. The highest BCUT2D eigenvalue weighted by Gasteiger charge is 2.18. The van der Waals surface area contributed by atoms with Gasteiger partial charge in [-0.15, -0.1) is 0 Å². The van der Waals surface area contributed by atoms with Crippen LogP contribution in [0, 0.1) is 5.92 Å². The molecule has 0 aliphatic rings. The number of rotatable bonds is 9. The zero-order chi connectivity index (χ0) is 18.4. The molecule has 2 rings (SSSR count). The molecule has 0 fully saturated rings. The average molecular weight is 384 g/mol. The molecule has 7 heteroatoms. The number of aliphatic carboxylic acids is 1. The van der Waals surface area contributed by atoms with Crippen molar-refractivity contribution in [1.29, 1.82) is 0 Å². The molecule has 5 nitrogen and oxygen atoms in total. The van der Waals surface area contributed by atoms with E-state index in [0.717, 1.165) is 11.3 Å². The van der Waals surface area contributed by atoms with Crippen LogP contribution in [0.1, 0.15) is 31.5 Å². The summed E-state index contributed by atoms with van der Waals surface area (Å²) in [5, 5.41) is 13.6. The van der Waals surface area contributed by atoms with Gasteiger partial charge in [-0.2, -0.15) is 0 Å². The molecule has 1 aromatic carbocycles. The van der Waals surface area contributed by atoms with Gasteiger partial charge < -0.3 is 15.0 Å². The largest absolute Gasteiger partial charge is 0.480 e. The molecule has 1 atom stereocenters. The van der Waals surface area contributed by atoms with Gasteiger partial charge in [0.05, 0.1) is 6.33 Å². The van der Waals surface area contributed by atoms with Gasteiger partial charge in [0.1, 0.15) is 6.04 Å². The van der Waals surface area contributed by atoms with Crippen LogP contribution in [0.25, 0.3) is 0 Å². The van der Waals surface area contributed by atoms with E-state index in [4.69, 9.17) is 23.2 Å². The lowest BCUT2D eigenvalue weighted by Gasteiger charge is -2.16. The van der Waals surface area contributed by atoms with Crippen LogP contribution >= 0.6 is 23.2 Å². The summed E-state index contributed by atoms with van der Waals surface area (Å²) in [5.41, 5.74) is 2.02. The Morgan fingerprint density at radius 1 is 1.28 bits per heavy atom. The van der Waals surface area contributed by atoms with Gasteiger partial charge in [0.15, 0.2) is 0 Å². The minimum absolute atomic E-state index is 0.326. The maximum Gasteiger partial charge on any atom is 0.320 e. The van der Waals surface area contributed by atoms with Crippen molar-refractivity contribution >= 4 is 29.2 Å². The highest BCUT2D eigenvalue weighted by molar-refractivity contribution is 6.34. The fraction of sp³-hybridized carbons (Fsp3) is 0.444. The molecule has 136 valence electrons. The Morgan fingerprint density at radius 2 is 1.96 bits per heavy atom. The molecule has 0 aliphatic heterocycles. The van der Waals surface area contributed by atoms with E-state index in [-0.39, 0.29) is 0 Å². The average Bonchev–Trinajstić information content (AvgIpc) is 2.91. The topological polar surface area (TPSA) is 67.2 Å². The lowest BCUT2D eigenvalue weighted by molar-refractivity contribution is -0.139. The number of nitrogens with one attached hydrogen (secondary N) is 1. The molecule has 0 aliphatic carbocycles. The summed E-state index contributed by atoms with van der Waals surface area (Å²) >= 11 is 12.1. The Morgan fingerprint density at radius 3 is 2.56 bits per heavy atom. The van der Waals surface area contributed by atoms with Crippen molar-refractivity contribution in [3.8, 4) is 0 Å². The first-order chi connectivity index (χ1) is 11.8. The van der Waals surface area contributed by atoms with Gasteiger partial charge in [-0.05, 0) is 36.1 Å². The standard InChI is InChI=1S/C18H23Cl2N3O2/c1-12(2)5-17(18(24)25)22-4-3-16-9-21-11-23(16)10-13-6-14(19)8-15(20)7-13/h6-9,11-12,17,22H,3-5,10H2,1-2H3,(H,24,25). The molecule has 1 unspecified atom stereocenters. The zero-order valence-electron chi connectivity index (χ0n) is 14.4. The van der Waals surface area contributed by atoms with Crippen LogP contribution in [0.5, 0.6) is 0 Å². The molecule has 25 heavy (non-hydrogen) atoms. The molecule has 0 bridgehead atoms. The smallest absolute Gasteiger partial charge is 0.320 e. The van der Waals surface area contributed by atoms with E-state index in [1.54, 1.807) is 18.6 Å². The van der Waals surface area contributed by atoms with Gasteiger partial charge in [-0.3, -0.25) is 4.79 Å². The molecule has 2 aromatic rings. The summed E-state index contributed by atoms with van der Waals surface area (Å²) in [4.78, 5) is 15.5. The van der Waals surface area contributed by atoms with Crippen LogP contribution in [0.2, 0.25) is 10.0 Å². The maximum absolute atomic E-state index is 11.3. The lowest BCUT2D eigenvalue weighted by atomic mass is 10.0.